The van der Waals surface area contributed by atoms with Crippen molar-refractivity contribution in [2.75, 3.05) is 24.5 Å². The molecule has 0 saturated carbocycles. The molecule has 2 aromatic heterocycles. The molecule has 0 aliphatic carbocycles. The lowest BCUT2D eigenvalue weighted by Crippen LogP contribution is -2.34. The summed E-state index contributed by atoms with van der Waals surface area (Å²) in [6.45, 7) is 5.22. The van der Waals surface area contributed by atoms with Gasteiger partial charge in [0.15, 0.2) is 0 Å². The van der Waals surface area contributed by atoms with Crippen molar-refractivity contribution < 1.29 is 0 Å². The highest BCUT2D eigenvalue weighted by atomic mass is 15.2. The summed E-state index contributed by atoms with van der Waals surface area (Å²) in [5.41, 5.74) is 5.05. The van der Waals surface area contributed by atoms with E-state index in [0.717, 1.165) is 36.5 Å². The minimum Gasteiger partial charge on any atom is -0.346 e. The molecule has 5 heteroatoms. The average Bonchev–Trinajstić information content (AvgIpc) is 3.28. The van der Waals surface area contributed by atoms with E-state index in [4.69, 9.17) is 0 Å². The molecule has 23 heavy (non-hydrogen) atoms. The van der Waals surface area contributed by atoms with Crippen molar-refractivity contribution in [3.8, 4) is 0 Å². The molecular formula is C18H19N5. The standard InChI is InChI=1S/C18H19N5/c1-12-8-20-16-15(12)17(22-11-21-16)23-10-18(6-7-19-9-18)13-4-2-3-5-14(13)23/h2-5,8,11,19H,6-7,9-10H2,1H3,(H,20,21,22)/t18-/m1/s1. The summed E-state index contributed by atoms with van der Waals surface area (Å²) >= 11 is 0. The van der Waals surface area contributed by atoms with Crippen LogP contribution in [0.3, 0.4) is 0 Å². The molecule has 3 aromatic rings. The lowest BCUT2D eigenvalue weighted by molar-refractivity contribution is 0.508. The van der Waals surface area contributed by atoms with Gasteiger partial charge in [-0.2, -0.15) is 0 Å². The van der Waals surface area contributed by atoms with E-state index < -0.39 is 0 Å². The minimum absolute atomic E-state index is 0.206. The first-order chi connectivity index (χ1) is 11.3. The van der Waals surface area contributed by atoms with E-state index in [9.17, 15) is 0 Å². The minimum atomic E-state index is 0.206. The predicted molar refractivity (Wildman–Crippen MR) is 91.2 cm³/mol. The number of H-pyrrole nitrogens is 1. The molecule has 5 rings (SSSR count). The van der Waals surface area contributed by atoms with Crippen molar-refractivity contribution in [3.63, 3.8) is 0 Å². The van der Waals surface area contributed by atoms with Gasteiger partial charge in [-0.1, -0.05) is 18.2 Å². The fourth-order valence-electron chi connectivity index (χ4n) is 4.23. The number of nitrogens with one attached hydrogen (secondary N) is 2. The van der Waals surface area contributed by atoms with Crippen LogP contribution in [0, 0.1) is 6.92 Å². The second kappa shape index (κ2) is 4.55. The number of nitrogens with zero attached hydrogens (tertiary/aromatic N) is 3. The molecule has 1 atom stereocenters. The van der Waals surface area contributed by atoms with Crippen LogP contribution in [0.4, 0.5) is 11.5 Å². The maximum absolute atomic E-state index is 4.65. The maximum Gasteiger partial charge on any atom is 0.146 e. The third-order valence-electron chi connectivity index (χ3n) is 5.37. The van der Waals surface area contributed by atoms with Gasteiger partial charge in [0.05, 0.1) is 5.39 Å². The normalized spacial score (nSPS) is 23.1. The molecule has 1 spiro atoms. The fraction of sp³-hybridized carbons (Fsp3) is 0.333. The van der Waals surface area contributed by atoms with Gasteiger partial charge in [-0.3, -0.25) is 0 Å². The quantitative estimate of drug-likeness (QED) is 0.726. The van der Waals surface area contributed by atoms with Crippen LogP contribution in [0.25, 0.3) is 11.0 Å². The van der Waals surface area contributed by atoms with Gasteiger partial charge in [0, 0.05) is 30.4 Å². The number of aromatic nitrogens is 3. The van der Waals surface area contributed by atoms with Crippen LogP contribution in [-0.4, -0.2) is 34.6 Å². The summed E-state index contributed by atoms with van der Waals surface area (Å²) in [6.07, 6.45) is 4.85. The van der Waals surface area contributed by atoms with E-state index in [0.29, 0.717) is 0 Å². The number of fused-ring (bicyclic) bond motifs is 3. The Morgan fingerprint density at radius 2 is 2.13 bits per heavy atom. The Morgan fingerprint density at radius 1 is 1.22 bits per heavy atom. The number of hydrogen-bond acceptors (Lipinski definition) is 4. The van der Waals surface area contributed by atoms with Crippen LogP contribution >= 0.6 is 0 Å². The van der Waals surface area contributed by atoms with Crippen molar-refractivity contribution in [1.29, 1.82) is 0 Å². The number of aromatic amines is 1. The highest BCUT2D eigenvalue weighted by Crippen LogP contribution is 2.48. The first-order valence-electron chi connectivity index (χ1n) is 8.15. The summed E-state index contributed by atoms with van der Waals surface area (Å²) in [4.78, 5) is 14.7. The largest absolute Gasteiger partial charge is 0.346 e. The van der Waals surface area contributed by atoms with Crippen LogP contribution in [0.1, 0.15) is 17.5 Å². The van der Waals surface area contributed by atoms with Crippen LogP contribution in [0.2, 0.25) is 0 Å². The van der Waals surface area contributed by atoms with Gasteiger partial charge >= 0.3 is 0 Å². The molecule has 1 saturated heterocycles. The maximum atomic E-state index is 4.65. The predicted octanol–water partition coefficient (Wildman–Crippen LogP) is 2.65. The Morgan fingerprint density at radius 3 is 3.00 bits per heavy atom. The highest BCUT2D eigenvalue weighted by Gasteiger charge is 2.45. The van der Waals surface area contributed by atoms with Gasteiger partial charge in [-0.25, -0.2) is 9.97 Å². The Bertz CT molecular complexity index is 891. The second-order valence-corrected chi connectivity index (χ2v) is 6.70. The number of benzene rings is 1. The second-order valence-electron chi connectivity index (χ2n) is 6.70. The van der Waals surface area contributed by atoms with E-state index in [2.05, 4.69) is 56.4 Å². The van der Waals surface area contributed by atoms with Crippen LogP contribution < -0.4 is 10.2 Å². The number of para-hydroxylation sites is 1. The number of hydrogen-bond donors (Lipinski definition) is 2. The van der Waals surface area contributed by atoms with Crippen LogP contribution in [-0.2, 0) is 5.41 Å². The smallest absolute Gasteiger partial charge is 0.146 e. The topological polar surface area (TPSA) is 56.8 Å². The Balaban J connectivity index is 1.73. The van der Waals surface area contributed by atoms with Gasteiger partial charge < -0.3 is 15.2 Å². The zero-order valence-corrected chi connectivity index (χ0v) is 13.1. The molecule has 0 unspecified atom stereocenters. The van der Waals surface area contributed by atoms with Crippen LogP contribution in [0.15, 0.2) is 36.8 Å². The molecule has 2 N–H and O–H groups in total. The average molecular weight is 305 g/mol. The monoisotopic (exact) mass is 305 g/mol. The summed E-state index contributed by atoms with van der Waals surface area (Å²) in [6, 6.07) is 8.78. The summed E-state index contributed by atoms with van der Waals surface area (Å²) in [5, 5.41) is 4.68. The van der Waals surface area contributed by atoms with E-state index in [1.165, 1.54) is 23.2 Å². The zero-order valence-electron chi connectivity index (χ0n) is 13.1. The molecule has 116 valence electrons. The van der Waals surface area contributed by atoms with Gasteiger partial charge in [-0.05, 0) is 37.1 Å². The fourth-order valence-corrected chi connectivity index (χ4v) is 4.23. The van der Waals surface area contributed by atoms with E-state index in [1.54, 1.807) is 6.33 Å². The van der Waals surface area contributed by atoms with Gasteiger partial charge in [0.1, 0.15) is 17.8 Å². The van der Waals surface area contributed by atoms with Gasteiger partial charge in [0.2, 0.25) is 0 Å². The zero-order chi connectivity index (χ0) is 15.4. The number of anilines is 2. The molecular weight excluding hydrogens is 286 g/mol. The van der Waals surface area contributed by atoms with E-state index >= 15 is 0 Å². The number of aryl methyl sites for hydroxylation is 1. The molecule has 0 bridgehead atoms. The van der Waals surface area contributed by atoms with E-state index in [-0.39, 0.29) is 5.41 Å². The van der Waals surface area contributed by atoms with Crippen molar-refractivity contribution >= 4 is 22.5 Å². The highest BCUT2D eigenvalue weighted by molar-refractivity contribution is 5.93. The Labute approximate surface area is 134 Å². The third-order valence-corrected chi connectivity index (χ3v) is 5.37. The van der Waals surface area contributed by atoms with Gasteiger partial charge in [0.25, 0.3) is 0 Å². The van der Waals surface area contributed by atoms with Gasteiger partial charge in [-0.15, -0.1) is 0 Å². The third kappa shape index (κ3) is 1.71. The lowest BCUT2D eigenvalue weighted by atomic mass is 9.82. The van der Waals surface area contributed by atoms with Crippen LogP contribution in [0.5, 0.6) is 0 Å². The van der Waals surface area contributed by atoms with Crippen molar-refractivity contribution in [2.45, 2.75) is 18.8 Å². The molecule has 1 fully saturated rings. The molecule has 0 amide bonds. The Kier molecular flexibility index (Phi) is 2.59. The SMILES string of the molecule is Cc1c[nH]c2ncnc(N3C[C@]4(CCNC4)c4ccccc43)c12. The number of rotatable bonds is 1. The molecule has 2 aliphatic heterocycles. The van der Waals surface area contributed by atoms with E-state index in [1.807, 2.05) is 6.20 Å². The Hall–Kier alpha value is -2.40. The summed E-state index contributed by atoms with van der Waals surface area (Å²) in [7, 11) is 0. The summed E-state index contributed by atoms with van der Waals surface area (Å²) in [5.74, 6) is 1.02. The van der Waals surface area contributed by atoms with Crippen molar-refractivity contribution in [1.82, 2.24) is 20.3 Å². The lowest BCUT2D eigenvalue weighted by Gasteiger charge is -2.24. The molecule has 4 heterocycles. The molecule has 5 nitrogen and oxygen atoms in total. The van der Waals surface area contributed by atoms with Crippen molar-refractivity contribution in [2.24, 2.45) is 0 Å². The summed E-state index contributed by atoms with van der Waals surface area (Å²) < 4.78 is 0. The first-order valence-corrected chi connectivity index (χ1v) is 8.15. The molecule has 1 aromatic carbocycles. The molecule has 0 radical (unpaired) electrons. The molecule has 2 aliphatic rings. The first kappa shape index (κ1) is 13.1. The van der Waals surface area contributed by atoms with Crippen molar-refractivity contribution in [3.05, 3.63) is 47.9 Å².